The van der Waals surface area contributed by atoms with Crippen LogP contribution in [-0.4, -0.2) is 25.2 Å². The molecule has 2 rings (SSSR count). The molecular weight excluding hydrogens is 236 g/mol. The van der Waals surface area contributed by atoms with Crippen LogP contribution in [0.5, 0.6) is 0 Å². The molecule has 8 heteroatoms. The van der Waals surface area contributed by atoms with Crippen LogP contribution in [0.3, 0.4) is 0 Å². The average molecular weight is 248 g/mol. The van der Waals surface area contributed by atoms with Crippen molar-refractivity contribution in [2.45, 2.75) is 23.6 Å². The van der Waals surface area contributed by atoms with Gasteiger partial charge in [-0.1, -0.05) is 17.8 Å². The molecule has 1 aromatic heterocycles. The molecule has 0 unspecified atom stereocenters. The topological polar surface area (TPSA) is 98.0 Å². The fourth-order valence-corrected chi connectivity index (χ4v) is 3.26. The number of anilines is 1. The summed E-state index contributed by atoms with van der Waals surface area (Å²) in [5.41, 5.74) is 5.32. The van der Waals surface area contributed by atoms with Crippen LogP contribution in [0.15, 0.2) is 4.34 Å². The van der Waals surface area contributed by atoms with Crippen LogP contribution in [0.4, 0.5) is 5.13 Å². The van der Waals surface area contributed by atoms with Gasteiger partial charge in [-0.15, -0.1) is 10.2 Å². The van der Waals surface area contributed by atoms with Crippen LogP contribution in [0.1, 0.15) is 19.3 Å². The molecule has 84 valence electrons. The first-order chi connectivity index (χ1) is 7.08. The molecule has 1 aromatic rings. The van der Waals surface area contributed by atoms with Crippen molar-refractivity contribution >= 4 is 26.5 Å². The molecule has 15 heavy (non-hydrogen) atoms. The first kappa shape index (κ1) is 10.8. The highest BCUT2D eigenvalue weighted by atomic mass is 32.2. The molecule has 1 heterocycles. The molecule has 0 radical (unpaired) electrons. The van der Waals surface area contributed by atoms with Crippen molar-refractivity contribution in [3.8, 4) is 0 Å². The lowest BCUT2D eigenvalue weighted by atomic mass is 9.86. The van der Waals surface area contributed by atoms with Crippen LogP contribution in [0.25, 0.3) is 0 Å². The van der Waals surface area contributed by atoms with E-state index in [1.54, 1.807) is 0 Å². The number of nitrogens with zero attached hydrogens (tertiary/aromatic N) is 2. The number of aromatic nitrogens is 2. The van der Waals surface area contributed by atoms with Gasteiger partial charge in [0.2, 0.25) is 9.47 Å². The molecule has 0 amide bonds. The number of sulfonamides is 1. The van der Waals surface area contributed by atoms with Gasteiger partial charge in [-0.05, 0) is 18.8 Å². The summed E-state index contributed by atoms with van der Waals surface area (Å²) in [5, 5.41) is 7.14. The first-order valence-corrected chi connectivity index (χ1v) is 6.96. The van der Waals surface area contributed by atoms with Gasteiger partial charge in [0.25, 0.3) is 10.0 Å². The number of hydrogen-bond donors (Lipinski definition) is 2. The van der Waals surface area contributed by atoms with Gasteiger partial charge in [-0.3, -0.25) is 0 Å². The van der Waals surface area contributed by atoms with Gasteiger partial charge < -0.3 is 5.73 Å². The van der Waals surface area contributed by atoms with E-state index in [-0.39, 0.29) is 9.47 Å². The second kappa shape index (κ2) is 4.03. The summed E-state index contributed by atoms with van der Waals surface area (Å²) in [6.45, 7) is 0.488. The Balaban J connectivity index is 1.99. The number of rotatable bonds is 4. The summed E-state index contributed by atoms with van der Waals surface area (Å²) in [6.07, 6.45) is 3.39. The van der Waals surface area contributed by atoms with Crippen molar-refractivity contribution in [2.24, 2.45) is 5.92 Å². The summed E-state index contributed by atoms with van der Waals surface area (Å²) in [6, 6.07) is 0. The third-order valence-corrected chi connectivity index (χ3v) is 4.98. The predicted molar refractivity (Wildman–Crippen MR) is 56.9 cm³/mol. The molecular formula is C7H12N4O2S2. The van der Waals surface area contributed by atoms with Crippen molar-refractivity contribution < 1.29 is 8.42 Å². The molecule has 0 aromatic carbocycles. The summed E-state index contributed by atoms with van der Waals surface area (Å²) < 4.78 is 25.7. The minimum Gasteiger partial charge on any atom is -0.374 e. The fraction of sp³-hybridized carbons (Fsp3) is 0.714. The van der Waals surface area contributed by atoms with Gasteiger partial charge in [0.05, 0.1) is 0 Å². The van der Waals surface area contributed by atoms with Crippen molar-refractivity contribution in [2.75, 3.05) is 12.3 Å². The lowest BCUT2D eigenvalue weighted by Crippen LogP contribution is -2.32. The summed E-state index contributed by atoms with van der Waals surface area (Å²) in [5.74, 6) is 0.477. The maximum Gasteiger partial charge on any atom is 0.269 e. The molecule has 1 fully saturated rings. The number of nitrogen functional groups attached to an aromatic ring is 1. The standard InChI is InChI=1S/C7H12N4O2S2/c8-6-10-11-7(14-6)15(12,13)9-4-5-2-1-3-5/h5,9H,1-4H2,(H2,8,10). The second-order valence-corrected chi connectivity index (χ2v) is 6.50. The van der Waals surface area contributed by atoms with E-state index in [0.717, 1.165) is 24.2 Å². The molecule has 6 nitrogen and oxygen atoms in total. The van der Waals surface area contributed by atoms with Crippen LogP contribution < -0.4 is 10.5 Å². The Kier molecular flexibility index (Phi) is 2.89. The Morgan fingerprint density at radius 2 is 2.20 bits per heavy atom. The molecule has 1 aliphatic carbocycles. The van der Waals surface area contributed by atoms with E-state index in [1.807, 2.05) is 0 Å². The molecule has 0 spiro atoms. The SMILES string of the molecule is Nc1nnc(S(=O)(=O)NCC2CCC2)s1. The second-order valence-electron chi connectivity index (χ2n) is 3.56. The fourth-order valence-electron chi connectivity index (χ4n) is 1.32. The van der Waals surface area contributed by atoms with Gasteiger partial charge in [0.1, 0.15) is 0 Å². The highest BCUT2D eigenvalue weighted by Gasteiger charge is 2.23. The molecule has 0 atom stereocenters. The van der Waals surface area contributed by atoms with Gasteiger partial charge >= 0.3 is 0 Å². The molecule has 0 saturated heterocycles. The van der Waals surface area contributed by atoms with Gasteiger partial charge in [0.15, 0.2) is 0 Å². The van der Waals surface area contributed by atoms with Gasteiger partial charge in [-0.2, -0.15) is 0 Å². The van der Waals surface area contributed by atoms with Crippen molar-refractivity contribution in [1.29, 1.82) is 0 Å². The van der Waals surface area contributed by atoms with E-state index in [4.69, 9.17) is 5.73 Å². The zero-order valence-corrected chi connectivity index (χ0v) is 9.64. The highest BCUT2D eigenvalue weighted by molar-refractivity contribution is 7.91. The van der Waals surface area contributed by atoms with E-state index in [2.05, 4.69) is 14.9 Å². The Labute approximate surface area is 91.9 Å². The zero-order chi connectivity index (χ0) is 10.9. The number of nitrogens with two attached hydrogens (primary N) is 1. The Bertz CT molecular complexity index is 438. The van der Waals surface area contributed by atoms with Gasteiger partial charge in [-0.25, -0.2) is 13.1 Å². The quantitative estimate of drug-likeness (QED) is 0.793. The summed E-state index contributed by atoms with van der Waals surface area (Å²) >= 11 is 0.877. The minimum atomic E-state index is -3.50. The van der Waals surface area contributed by atoms with Crippen molar-refractivity contribution in [1.82, 2.24) is 14.9 Å². The van der Waals surface area contributed by atoms with Crippen molar-refractivity contribution in [3.05, 3.63) is 0 Å². The number of nitrogens with one attached hydrogen (secondary N) is 1. The normalized spacial score (nSPS) is 17.6. The Morgan fingerprint density at radius 1 is 1.47 bits per heavy atom. The summed E-state index contributed by atoms with van der Waals surface area (Å²) in [4.78, 5) is 0. The smallest absolute Gasteiger partial charge is 0.269 e. The van der Waals surface area contributed by atoms with Crippen molar-refractivity contribution in [3.63, 3.8) is 0 Å². The van der Waals surface area contributed by atoms with E-state index in [9.17, 15) is 8.42 Å². The monoisotopic (exact) mass is 248 g/mol. The minimum absolute atomic E-state index is 0.0562. The lowest BCUT2D eigenvalue weighted by molar-refractivity contribution is 0.316. The maximum atomic E-state index is 11.6. The van der Waals surface area contributed by atoms with E-state index >= 15 is 0 Å². The van der Waals surface area contributed by atoms with Crippen LogP contribution in [0.2, 0.25) is 0 Å². The summed E-state index contributed by atoms with van der Waals surface area (Å²) in [7, 11) is -3.50. The Morgan fingerprint density at radius 3 is 2.67 bits per heavy atom. The first-order valence-electron chi connectivity index (χ1n) is 4.66. The van der Waals surface area contributed by atoms with E-state index < -0.39 is 10.0 Å². The molecule has 3 N–H and O–H groups in total. The van der Waals surface area contributed by atoms with Crippen LogP contribution in [-0.2, 0) is 10.0 Å². The van der Waals surface area contributed by atoms with Crippen LogP contribution >= 0.6 is 11.3 Å². The Hall–Kier alpha value is -0.730. The largest absolute Gasteiger partial charge is 0.374 e. The molecule has 1 aliphatic rings. The maximum absolute atomic E-state index is 11.6. The highest BCUT2D eigenvalue weighted by Crippen LogP contribution is 2.26. The molecule has 1 saturated carbocycles. The van der Waals surface area contributed by atoms with Crippen LogP contribution in [0, 0.1) is 5.92 Å². The lowest BCUT2D eigenvalue weighted by Gasteiger charge is -2.24. The predicted octanol–water partition coefficient (Wildman–Crippen LogP) is 0.199. The average Bonchev–Trinajstić information content (AvgIpc) is 2.49. The zero-order valence-electron chi connectivity index (χ0n) is 8.01. The third kappa shape index (κ3) is 2.44. The van der Waals surface area contributed by atoms with E-state index in [1.165, 1.54) is 6.42 Å². The van der Waals surface area contributed by atoms with Gasteiger partial charge in [0, 0.05) is 6.54 Å². The molecule has 0 aliphatic heterocycles. The van der Waals surface area contributed by atoms with E-state index in [0.29, 0.717) is 12.5 Å². The third-order valence-electron chi connectivity index (χ3n) is 2.44. The number of hydrogen-bond acceptors (Lipinski definition) is 6. The molecule has 0 bridgehead atoms.